The highest BCUT2D eigenvalue weighted by atomic mass is 35.5. The molecule has 3 nitrogen and oxygen atoms in total. The van der Waals surface area contributed by atoms with Gasteiger partial charge in [0.05, 0.1) is 24.2 Å². The van der Waals surface area contributed by atoms with Gasteiger partial charge in [-0.05, 0) is 285 Å². The van der Waals surface area contributed by atoms with Crippen LogP contribution in [-0.2, 0) is 6.42 Å². The van der Waals surface area contributed by atoms with Gasteiger partial charge in [0.2, 0.25) is 0 Å². The molecule has 0 saturated heterocycles. The molecular formula is C107H135Cl4F17O3S. The first-order valence-corrected chi connectivity index (χ1v) is 46.6. The van der Waals surface area contributed by atoms with Crippen LogP contribution in [0.4, 0.5) is 74.6 Å². The maximum absolute atomic E-state index is 13.0. The Hall–Kier alpha value is -7.47. The average molecular weight is 1970 g/mol. The molecule has 0 aliphatic carbocycles. The van der Waals surface area contributed by atoms with E-state index < -0.39 is 87.3 Å². The molecule has 0 spiro atoms. The van der Waals surface area contributed by atoms with E-state index in [2.05, 4.69) is 82.2 Å². The molecular weight excluding hydrogens is 1830 g/mol. The van der Waals surface area contributed by atoms with Gasteiger partial charge in [-0.3, -0.25) is 0 Å². The van der Waals surface area contributed by atoms with E-state index >= 15 is 0 Å². The smallest absolute Gasteiger partial charge is 0.194 e. The fourth-order valence-electron chi connectivity index (χ4n) is 12.6. The summed E-state index contributed by atoms with van der Waals surface area (Å²) in [6, 6.07) is 38.1. The predicted molar refractivity (Wildman–Crippen MR) is 514 cm³/mol. The van der Waals surface area contributed by atoms with E-state index in [0.717, 1.165) is 85.2 Å². The maximum Gasteiger partial charge on any atom is 0.194 e. The summed E-state index contributed by atoms with van der Waals surface area (Å²) in [7, 11) is 0. The molecule has 132 heavy (non-hydrogen) atoms. The Morgan fingerprint density at radius 3 is 0.795 bits per heavy atom. The van der Waals surface area contributed by atoms with E-state index in [1.165, 1.54) is 65.0 Å². The second-order valence-corrected chi connectivity index (χ2v) is 39.6. The van der Waals surface area contributed by atoms with Crippen molar-refractivity contribution in [2.45, 2.75) is 240 Å². The number of aliphatic hydroxyl groups excluding tert-OH is 3. The third-order valence-corrected chi connectivity index (χ3v) is 25.1. The number of hydrogen-bond acceptors (Lipinski definition) is 4. The highest BCUT2D eigenvalue weighted by Crippen LogP contribution is 2.36. The second-order valence-electron chi connectivity index (χ2n) is 36.5. The Morgan fingerprint density at radius 2 is 0.492 bits per heavy atom. The molecule has 9 aromatic carbocycles. The fraction of sp³-hybridized carbons (Fsp3) is 0.458. The zero-order valence-corrected chi connectivity index (χ0v) is 84.4. The molecule has 9 unspecified atom stereocenters. The standard InChI is InChI=1S/C11H14Cl2.C11H14ClF.C11H13F3O.C11H13F3.C11H14F2O.2C11H14F2.C11H15FO.C10H11F3.C9H13ClS/c2*1-7(2)8(3)9-4-10(12)6-11(13)5-9;1-6(2)8(5-15)7-3-9(12)11(14)10(13)4-7;1-6(2)7(3)8-4-9(12)11(14)10(13)5-8;1-7(2)11(6-14)8-3-9(12)5-10(13)4-8;1-7(2)8(3)9-4-10(12)6-11(13)5-9;1-7(2)8(3)9-4-5-10(12)11(13)6-9;1-8(2)11(7-13)9-3-5-10(12)6-4-9;1-6(2)3-7-4-8(11)10(13)9(12)5-7;1-6(2)7(3)8-4-5-9(10)11-8/h2*4-8H,1-3H3;3-4,6,8,15H,5H2,1-2H3;4-7H,1-3H3;3-5,7,11,14H,6H2,1-2H3;2*4-8H,1-3H3;3-6,8,11,13H,7H2,1-2H3;4-6H,3H2,1-2H3;4-7H,1-3H3. The molecule has 1 aromatic heterocycles. The van der Waals surface area contributed by atoms with Crippen LogP contribution in [0.2, 0.25) is 19.4 Å². The summed E-state index contributed by atoms with van der Waals surface area (Å²) in [6.07, 6.45) is 0.550. The van der Waals surface area contributed by atoms with Crippen molar-refractivity contribution in [3.63, 3.8) is 0 Å². The zero-order chi connectivity index (χ0) is 101. The summed E-state index contributed by atoms with van der Waals surface area (Å²) in [5.74, 6) is -10.2. The highest BCUT2D eigenvalue weighted by Gasteiger charge is 2.24. The first kappa shape index (κ1) is 123. The molecule has 0 aliphatic rings. The summed E-state index contributed by atoms with van der Waals surface area (Å²) in [6.45, 7) is 52.7. The van der Waals surface area contributed by atoms with Gasteiger partial charge in [-0.15, -0.1) is 11.3 Å². The number of benzene rings is 9. The lowest BCUT2D eigenvalue weighted by atomic mass is 9.89. The molecule has 0 radical (unpaired) electrons. The molecule has 10 rings (SSSR count). The van der Waals surface area contributed by atoms with Crippen LogP contribution >= 0.6 is 57.7 Å². The quantitative estimate of drug-likeness (QED) is 0.0442. The first-order chi connectivity index (χ1) is 61.2. The molecule has 25 heteroatoms. The van der Waals surface area contributed by atoms with E-state index in [0.29, 0.717) is 87.3 Å². The Kier molecular flexibility index (Phi) is 56.5. The summed E-state index contributed by atoms with van der Waals surface area (Å²) in [4.78, 5) is 1.39. The largest absolute Gasteiger partial charge is 0.396 e. The first-order valence-electron chi connectivity index (χ1n) is 44.3. The average Bonchev–Trinajstić information content (AvgIpc) is 0.909. The van der Waals surface area contributed by atoms with Crippen LogP contribution < -0.4 is 0 Å². The van der Waals surface area contributed by atoms with Gasteiger partial charge in [0.1, 0.15) is 34.9 Å². The van der Waals surface area contributed by atoms with Gasteiger partial charge in [0, 0.05) is 49.8 Å². The second kappa shape index (κ2) is 60.9. The highest BCUT2D eigenvalue weighted by molar-refractivity contribution is 7.16. The monoisotopic (exact) mass is 1960 g/mol. The van der Waals surface area contributed by atoms with Crippen molar-refractivity contribution in [2.75, 3.05) is 19.8 Å². The number of rotatable bonds is 23. The van der Waals surface area contributed by atoms with Crippen molar-refractivity contribution < 1.29 is 90.0 Å². The molecule has 3 N–H and O–H groups in total. The minimum Gasteiger partial charge on any atom is -0.396 e. The maximum atomic E-state index is 13.0. The van der Waals surface area contributed by atoms with E-state index in [9.17, 15) is 74.6 Å². The van der Waals surface area contributed by atoms with Crippen molar-refractivity contribution in [2.24, 2.45) is 59.2 Å². The minimum absolute atomic E-state index is 0.0135. The topological polar surface area (TPSA) is 60.7 Å². The van der Waals surface area contributed by atoms with E-state index in [-0.39, 0.29) is 90.3 Å². The molecule has 9 atom stereocenters. The number of hydrogen-bond donors (Lipinski definition) is 3. The zero-order valence-electron chi connectivity index (χ0n) is 80.6. The number of aliphatic hydroxyl groups is 3. The lowest BCUT2D eigenvalue weighted by Crippen LogP contribution is -2.12. The number of thiophene rings is 1. The van der Waals surface area contributed by atoms with Crippen molar-refractivity contribution in [1.82, 2.24) is 0 Å². The normalized spacial score (nSPS) is 13.2. The van der Waals surface area contributed by atoms with Crippen LogP contribution in [0.25, 0.3) is 0 Å². The van der Waals surface area contributed by atoms with Crippen LogP contribution in [0.1, 0.15) is 288 Å². The molecule has 0 bridgehead atoms. The van der Waals surface area contributed by atoms with E-state index in [1.54, 1.807) is 41.7 Å². The van der Waals surface area contributed by atoms with Gasteiger partial charge in [0.25, 0.3) is 0 Å². The number of halogens is 21. The van der Waals surface area contributed by atoms with Crippen LogP contribution in [0.5, 0.6) is 0 Å². The van der Waals surface area contributed by atoms with Gasteiger partial charge in [-0.25, -0.2) is 74.6 Å². The summed E-state index contributed by atoms with van der Waals surface area (Å²) >= 11 is 25.1. The lowest BCUT2D eigenvalue weighted by Gasteiger charge is -2.18. The van der Waals surface area contributed by atoms with E-state index in [1.807, 2.05) is 128 Å². The molecule has 0 fully saturated rings. The summed E-state index contributed by atoms with van der Waals surface area (Å²) < 4.78 is 218. The third-order valence-electron chi connectivity index (χ3n) is 23.0. The molecule has 0 amide bonds. The molecule has 734 valence electrons. The molecule has 0 saturated carbocycles. The molecule has 1 heterocycles. The minimum atomic E-state index is -1.47. The Balaban J connectivity index is 0.000000734. The summed E-state index contributed by atoms with van der Waals surface area (Å²) in [5.41, 5.74) is 6.56. The summed E-state index contributed by atoms with van der Waals surface area (Å²) in [5, 5.41) is 29.2. The fourth-order valence-corrected chi connectivity index (χ4v) is 14.6. The van der Waals surface area contributed by atoms with Crippen molar-refractivity contribution in [1.29, 1.82) is 0 Å². The van der Waals surface area contributed by atoms with Crippen LogP contribution in [0, 0.1) is 158 Å². The van der Waals surface area contributed by atoms with Gasteiger partial charge in [-0.2, -0.15) is 0 Å². The third kappa shape index (κ3) is 44.1. The Morgan fingerprint density at radius 1 is 0.227 bits per heavy atom. The lowest BCUT2D eigenvalue weighted by molar-refractivity contribution is 0.236. The van der Waals surface area contributed by atoms with Gasteiger partial charge in [-0.1, -0.05) is 245 Å². The van der Waals surface area contributed by atoms with Crippen LogP contribution in [-0.4, -0.2) is 35.1 Å². The van der Waals surface area contributed by atoms with Crippen LogP contribution in [0.3, 0.4) is 0 Å². The Labute approximate surface area is 798 Å². The molecule has 0 aliphatic heterocycles. The Bertz CT molecular complexity index is 4720. The van der Waals surface area contributed by atoms with Gasteiger partial charge < -0.3 is 15.3 Å². The van der Waals surface area contributed by atoms with Crippen molar-refractivity contribution in [3.8, 4) is 0 Å². The van der Waals surface area contributed by atoms with Crippen molar-refractivity contribution >= 4 is 57.7 Å². The van der Waals surface area contributed by atoms with E-state index in [4.69, 9.17) is 61.7 Å². The predicted octanol–water partition coefficient (Wildman–Crippen LogP) is 35.9. The SMILES string of the molecule is CC(C)C(C)c1cc(Cl)cc(Cl)c1.CC(C)C(C)c1cc(F)c(F)c(F)c1.CC(C)C(C)c1cc(F)cc(Cl)c1.CC(C)C(C)c1cc(F)cc(F)c1.CC(C)C(C)c1ccc(Cl)s1.CC(C)C(C)c1ccc(F)c(F)c1.CC(C)C(CO)c1cc(F)c(F)c(F)c1.CC(C)C(CO)c1cc(F)cc(F)c1.CC(C)C(CO)c1ccc(F)cc1.CC(C)Cc1cc(F)c(F)c(F)c1. The van der Waals surface area contributed by atoms with Gasteiger partial charge in [0.15, 0.2) is 64.0 Å². The van der Waals surface area contributed by atoms with Crippen LogP contribution in [0.15, 0.2) is 164 Å². The molecule has 10 aromatic rings. The van der Waals surface area contributed by atoms with Gasteiger partial charge >= 0.3 is 0 Å². The van der Waals surface area contributed by atoms with Crippen molar-refractivity contribution in [3.05, 3.63) is 337 Å².